The summed E-state index contributed by atoms with van der Waals surface area (Å²) in [6.07, 6.45) is 0. The lowest BCUT2D eigenvalue weighted by atomic mass is 10.3. The molecule has 0 atom stereocenters. The van der Waals surface area contributed by atoms with Crippen LogP contribution in [0, 0.1) is 6.92 Å². The number of carbonyl (C=O) groups is 1. The average molecular weight is 378 g/mol. The molecule has 2 aromatic heterocycles. The van der Waals surface area contributed by atoms with Crippen molar-refractivity contribution >= 4 is 32.7 Å². The van der Waals surface area contributed by atoms with Gasteiger partial charge in [-0.25, -0.2) is 22.5 Å². The Bertz CT molecular complexity index is 1190. The van der Waals surface area contributed by atoms with Crippen molar-refractivity contribution in [2.45, 2.75) is 18.7 Å². The highest BCUT2D eigenvalue weighted by atomic mass is 32.2. The van der Waals surface area contributed by atoms with Gasteiger partial charge in [-0.3, -0.25) is 9.20 Å². The Balaban J connectivity index is 2.33. The van der Waals surface area contributed by atoms with E-state index in [4.69, 9.17) is 4.74 Å². The van der Waals surface area contributed by atoms with Crippen molar-refractivity contribution in [3.8, 4) is 0 Å². The normalized spacial score (nSPS) is 12.2. The van der Waals surface area contributed by atoms with E-state index in [2.05, 4.69) is 9.97 Å². The van der Waals surface area contributed by atoms with Gasteiger partial charge in [-0.05, 0) is 32.0 Å². The molecule has 0 aliphatic heterocycles. The largest absolute Gasteiger partial charge is 0.461 e. The minimum atomic E-state index is -3.65. The summed E-state index contributed by atoms with van der Waals surface area (Å²) in [5, 5.41) is 0. The number of imidazole rings is 1. The minimum absolute atomic E-state index is 0.0428. The Labute approximate surface area is 149 Å². The standard InChI is InChI=1S/C16H18N4O5S/c1-5-25-16(22)13-9(2)20-12-7-6-10(26(23,24)19(3)4)8-11(12)17-15(21)14(20)18-13/h6-8H,5H2,1-4H3,(H,17,21). The molecule has 0 fully saturated rings. The molecule has 0 saturated carbocycles. The Hall–Kier alpha value is -2.72. The molecule has 2 heterocycles. The summed E-state index contributed by atoms with van der Waals surface area (Å²) in [5.74, 6) is -0.618. The lowest BCUT2D eigenvalue weighted by Crippen LogP contribution is -2.22. The smallest absolute Gasteiger partial charge is 0.358 e. The van der Waals surface area contributed by atoms with Crippen LogP contribution in [0.2, 0.25) is 0 Å². The number of carbonyl (C=O) groups excluding carboxylic acids is 1. The number of rotatable bonds is 4. The van der Waals surface area contributed by atoms with E-state index >= 15 is 0 Å². The molecule has 0 aliphatic carbocycles. The first kappa shape index (κ1) is 18.1. The lowest BCUT2D eigenvalue weighted by molar-refractivity contribution is 0.0519. The second-order valence-corrected chi connectivity index (χ2v) is 8.00. The first-order valence-corrected chi connectivity index (χ1v) is 9.27. The van der Waals surface area contributed by atoms with E-state index in [1.54, 1.807) is 19.9 Å². The third kappa shape index (κ3) is 2.67. The Morgan fingerprint density at radius 3 is 2.65 bits per heavy atom. The molecule has 10 heteroatoms. The van der Waals surface area contributed by atoms with Crippen LogP contribution in [0.4, 0.5) is 0 Å². The van der Waals surface area contributed by atoms with Crippen LogP contribution in [0.3, 0.4) is 0 Å². The maximum atomic E-state index is 12.4. The molecule has 3 aromatic rings. The molecule has 26 heavy (non-hydrogen) atoms. The van der Waals surface area contributed by atoms with Crippen molar-refractivity contribution < 1.29 is 17.9 Å². The summed E-state index contributed by atoms with van der Waals surface area (Å²) in [6, 6.07) is 4.39. The van der Waals surface area contributed by atoms with Crippen LogP contribution in [0.1, 0.15) is 23.1 Å². The van der Waals surface area contributed by atoms with Crippen LogP contribution < -0.4 is 5.56 Å². The van der Waals surface area contributed by atoms with Crippen LogP contribution in [-0.2, 0) is 14.8 Å². The molecule has 0 bridgehead atoms. The SMILES string of the molecule is CCOC(=O)c1nc2c(=O)[nH]c3cc(S(=O)(=O)N(C)C)ccc3n2c1C. The monoisotopic (exact) mass is 378 g/mol. The summed E-state index contributed by atoms with van der Waals surface area (Å²) in [6.45, 7) is 3.52. The highest BCUT2D eigenvalue weighted by Crippen LogP contribution is 2.22. The zero-order valence-corrected chi connectivity index (χ0v) is 15.5. The van der Waals surface area contributed by atoms with Gasteiger partial charge in [-0.2, -0.15) is 0 Å². The Morgan fingerprint density at radius 2 is 2.04 bits per heavy atom. The predicted molar refractivity (Wildman–Crippen MR) is 94.9 cm³/mol. The van der Waals surface area contributed by atoms with Crippen LogP contribution >= 0.6 is 0 Å². The molecule has 0 spiro atoms. The van der Waals surface area contributed by atoms with E-state index < -0.39 is 21.6 Å². The fourth-order valence-corrected chi connectivity index (χ4v) is 3.63. The van der Waals surface area contributed by atoms with Crippen LogP contribution in [0.5, 0.6) is 0 Å². The summed E-state index contributed by atoms with van der Waals surface area (Å²) >= 11 is 0. The maximum absolute atomic E-state index is 12.4. The zero-order chi connectivity index (χ0) is 19.2. The number of ether oxygens (including phenoxy) is 1. The summed E-state index contributed by atoms with van der Waals surface area (Å²) < 4.78 is 32.2. The number of H-pyrrole nitrogens is 1. The predicted octanol–water partition coefficient (Wildman–Crippen LogP) is 0.911. The van der Waals surface area contributed by atoms with E-state index in [0.717, 1.165) is 4.31 Å². The second-order valence-electron chi connectivity index (χ2n) is 5.85. The van der Waals surface area contributed by atoms with Crippen molar-refractivity contribution in [2.75, 3.05) is 20.7 Å². The van der Waals surface area contributed by atoms with Gasteiger partial charge < -0.3 is 9.72 Å². The van der Waals surface area contributed by atoms with Gasteiger partial charge in [0.15, 0.2) is 5.69 Å². The average Bonchev–Trinajstić information content (AvgIpc) is 2.93. The number of nitrogens with zero attached hydrogens (tertiary/aromatic N) is 3. The fraction of sp³-hybridized carbons (Fsp3) is 0.312. The third-order valence-electron chi connectivity index (χ3n) is 4.02. The molecular weight excluding hydrogens is 360 g/mol. The first-order valence-electron chi connectivity index (χ1n) is 7.83. The van der Waals surface area contributed by atoms with Crippen molar-refractivity contribution in [3.63, 3.8) is 0 Å². The molecule has 0 unspecified atom stereocenters. The fourth-order valence-electron chi connectivity index (χ4n) is 2.70. The summed E-state index contributed by atoms with van der Waals surface area (Å²) in [5.41, 5.74) is 0.851. The Kier molecular flexibility index (Phi) is 4.32. The van der Waals surface area contributed by atoms with Crippen LogP contribution in [0.15, 0.2) is 27.9 Å². The highest BCUT2D eigenvalue weighted by Gasteiger charge is 2.22. The minimum Gasteiger partial charge on any atom is -0.461 e. The molecule has 0 radical (unpaired) electrons. The van der Waals surface area contributed by atoms with E-state index in [1.807, 2.05) is 0 Å². The van der Waals surface area contributed by atoms with E-state index in [9.17, 15) is 18.0 Å². The third-order valence-corrected chi connectivity index (χ3v) is 5.83. The second kappa shape index (κ2) is 6.22. The van der Waals surface area contributed by atoms with Crippen molar-refractivity contribution in [1.29, 1.82) is 0 Å². The van der Waals surface area contributed by atoms with Crippen LogP contribution in [-0.4, -0.2) is 53.8 Å². The summed E-state index contributed by atoms with van der Waals surface area (Å²) in [7, 11) is -0.793. The molecule has 1 N–H and O–H groups in total. The number of esters is 1. The van der Waals surface area contributed by atoms with E-state index in [-0.39, 0.29) is 22.8 Å². The van der Waals surface area contributed by atoms with Crippen molar-refractivity contribution in [2.24, 2.45) is 0 Å². The van der Waals surface area contributed by atoms with Gasteiger partial charge in [0, 0.05) is 14.1 Å². The van der Waals surface area contributed by atoms with Crippen LogP contribution in [0.25, 0.3) is 16.7 Å². The van der Waals surface area contributed by atoms with Gasteiger partial charge in [0.1, 0.15) is 0 Å². The maximum Gasteiger partial charge on any atom is 0.358 e. The molecule has 0 amide bonds. The van der Waals surface area contributed by atoms with Crippen molar-refractivity contribution in [1.82, 2.24) is 18.7 Å². The van der Waals surface area contributed by atoms with Gasteiger partial charge in [0.2, 0.25) is 15.7 Å². The number of hydrogen-bond acceptors (Lipinski definition) is 6. The zero-order valence-electron chi connectivity index (χ0n) is 14.7. The van der Waals surface area contributed by atoms with Gasteiger partial charge in [-0.15, -0.1) is 0 Å². The van der Waals surface area contributed by atoms with Gasteiger partial charge in [-0.1, -0.05) is 0 Å². The number of aromatic nitrogens is 3. The van der Waals surface area contributed by atoms with E-state index in [1.165, 1.54) is 30.6 Å². The molecule has 9 nitrogen and oxygen atoms in total. The molecular formula is C16H18N4O5S. The lowest BCUT2D eigenvalue weighted by Gasteiger charge is -2.12. The molecule has 0 aliphatic rings. The quantitative estimate of drug-likeness (QED) is 0.675. The summed E-state index contributed by atoms with van der Waals surface area (Å²) in [4.78, 5) is 31.2. The number of benzene rings is 1. The Morgan fingerprint density at radius 1 is 1.35 bits per heavy atom. The molecule has 138 valence electrons. The van der Waals surface area contributed by atoms with Gasteiger partial charge >= 0.3 is 5.97 Å². The number of aryl methyl sites for hydroxylation is 1. The molecule has 1 aromatic carbocycles. The number of fused-ring (bicyclic) bond motifs is 3. The van der Waals surface area contributed by atoms with Gasteiger partial charge in [0.05, 0.1) is 28.2 Å². The van der Waals surface area contributed by atoms with Crippen molar-refractivity contribution in [3.05, 3.63) is 39.9 Å². The topological polar surface area (TPSA) is 114 Å². The first-order chi connectivity index (χ1) is 12.2. The molecule has 0 saturated heterocycles. The number of sulfonamides is 1. The number of hydrogen-bond donors (Lipinski definition) is 1. The number of nitrogens with one attached hydrogen (secondary N) is 1. The van der Waals surface area contributed by atoms with E-state index in [0.29, 0.717) is 16.7 Å². The highest BCUT2D eigenvalue weighted by molar-refractivity contribution is 7.89. The number of aromatic amines is 1. The molecule has 3 rings (SSSR count). The van der Waals surface area contributed by atoms with Gasteiger partial charge in [0.25, 0.3) is 5.56 Å².